The van der Waals surface area contributed by atoms with E-state index in [4.69, 9.17) is 0 Å². The van der Waals surface area contributed by atoms with Crippen molar-refractivity contribution < 1.29 is 4.79 Å². The number of aromatic nitrogens is 2. The summed E-state index contributed by atoms with van der Waals surface area (Å²) >= 11 is 0. The predicted octanol–water partition coefficient (Wildman–Crippen LogP) is 3.49. The SMILES string of the molecule is CCNC(=NCc1cnn(-c2ccccc2)c1)NCCc1cccc(C(=O)N(C)C)c1.I. The second-order valence-electron chi connectivity index (χ2n) is 7.40. The number of para-hydroxylation sites is 1. The molecule has 1 heterocycles. The summed E-state index contributed by atoms with van der Waals surface area (Å²) in [5.41, 5.74) is 3.88. The molecule has 0 saturated carbocycles. The molecule has 32 heavy (non-hydrogen) atoms. The first-order chi connectivity index (χ1) is 15.1. The number of hydrogen-bond acceptors (Lipinski definition) is 3. The van der Waals surface area contributed by atoms with Gasteiger partial charge in [0.2, 0.25) is 0 Å². The molecule has 0 bridgehead atoms. The molecule has 0 unspecified atom stereocenters. The van der Waals surface area contributed by atoms with Crippen molar-refractivity contribution in [1.29, 1.82) is 0 Å². The van der Waals surface area contributed by atoms with E-state index >= 15 is 0 Å². The second-order valence-corrected chi connectivity index (χ2v) is 7.40. The Hall–Kier alpha value is -2.88. The first-order valence-electron chi connectivity index (χ1n) is 10.5. The van der Waals surface area contributed by atoms with Crippen LogP contribution in [0.15, 0.2) is 72.0 Å². The highest BCUT2D eigenvalue weighted by atomic mass is 127. The molecule has 0 radical (unpaired) electrons. The van der Waals surface area contributed by atoms with Crippen molar-refractivity contribution in [3.63, 3.8) is 0 Å². The van der Waals surface area contributed by atoms with Crippen LogP contribution in [0.5, 0.6) is 0 Å². The highest BCUT2D eigenvalue weighted by Gasteiger charge is 2.08. The van der Waals surface area contributed by atoms with E-state index in [1.165, 1.54) is 0 Å². The molecule has 0 fully saturated rings. The van der Waals surface area contributed by atoms with Gasteiger partial charge in [0.1, 0.15) is 0 Å². The topological polar surface area (TPSA) is 74.5 Å². The fraction of sp³-hybridized carbons (Fsp3) is 0.292. The zero-order valence-corrected chi connectivity index (χ0v) is 21.1. The van der Waals surface area contributed by atoms with E-state index in [1.807, 2.05) is 78.6 Å². The van der Waals surface area contributed by atoms with Crippen LogP contribution in [0.4, 0.5) is 0 Å². The van der Waals surface area contributed by atoms with Gasteiger partial charge in [-0.05, 0) is 43.2 Å². The Bertz CT molecular complexity index is 1020. The number of carbonyl (C=O) groups excluding carboxylic acids is 1. The summed E-state index contributed by atoms with van der Waals surface area (Å²) in [5, 5.41) is 11.1. The largest absolute Gasteiger partial charge is 0.357 e. The Morgan fingerprint density at radius 1 is 1.06 bits per heavy atom. The zero-order valence-electron chi connectivity index (χ0n) is 18.8. The summed E-state index contributed by atoms with van der Waals surface area (Å²) in [6.07, 6.45) is 4.63. The number of aliphatic imine (C=N–C) groups is 1. The van der Waals surface area contributed by atoms with Gasteiger partial charge in [0.05, 0.1) is 18.4 Å². The lowest BCUT2D eigenvalue weighted by molar-refractivity contribution is 0.0827. The van der Waals surface area contributed by atoms with Gasteiger partial charge in [-0.25, -0.2) is 9.67 Å². The molecular weight excluding hydrogens is 515 g/mol. The lowest BCUT2D eigenvalue weighted by Gasteiger charge is -2.13. The van der Waals surface area contributed by atoms with E-state index in [0.29, 0.717) is 18.7 Å². The van der Waals surface area contributed by atoms with Gasteiger partial charge >= 0.3 is 0 Å². The van der Waals surface area contributed by atoms with Gasteiger partial charge in [0.25, 0.3) is 5.91 Å². The molecular formula is C24H31IN6O. The predicted molar refractivity (Wildman–Crippen MR) is 140 cm³/mol. The summed E-state index contributed by atoms with van der Waals surface area (Å²) in [4.78, 5) is 18.4. The molecule has 170 valence electrons. The standard InChI is InChI=1S/C24H30N6O.HI/c1-4-25-24(26-14-13-19-9-8-10-21(15-19)23(31)29(2)3)27-16-20-17-28-30(18-20)22-11-6-5-7-12-22;/h5-12,15,17-18H,4,13-14,16H2,1-3H3,(H2,25,26,27);1H. The fourth-order valence-corrected chi connectivity index (χ4v) is 3.12. The summed E-state index contributed by atoms with van der Waals surface area (Å²) < 4.78 is 1.85. The Labute approximate surface area is 206 Å². The summed E-state index contributed by atoms with van der Waals surface area (Å²) in [6.45, 7) is 4.08. The normalized spacial score (nSPS) is 10.9. The average Bonchev–Trinajstić information content (AvgIpc) is 3.27. The number of halogens is 1. The number of hydrogen-bond donors (Lipinski definition) is 2. The van der Waals surface area contributed by atoms with Crippen molar-refractivity contribution in [3.8, 4) is 5.69 Å². The molecule has 7 nitrogen and oxygen atoms in total. The average molecular weight is 546 g/mol. The molecule has 8 heteroatoms. The van der Waals surface area contributed by atoms with Crippen LogP contribution in [-0.4, -0.2) is 53.7 Å². The number of nitrogens with zero attached hydrogens (tertiary/aromatic N) is 4. The quantitative estimate of drug-likeness (QED) is 0.258. The van der Waals surface area contributed by atoms with Crippen LogP contribution < -0.4 is 10.6 Å². The molecule has 0 spiro atoms. The van der Waals surface area contributed by atoms with Crippen molar-refractivity contribution in [1.82, 2.24) is 25.3 Å². The van der Waals surface area contributed by atoms with E-state index in [1.54, 1.807) is 19.0 Å². The van der Waals surface area contributed by atoms with Gasteiger partial charge < -0.3 is 15.5 Å². The van der Waals surface area contributed by atoms with E-state index in [9.17, 15) is 4.79 Å². The fourth-order valence-electron chi connectivity index (χ4n) is 3.12. The van der Waals surface area contributed by atoms with Crippen molar-refractivity contribution in [2.45, 2.75) is 19.9 Å². The zero-order chi connectivity index (χ0) is 22.1. The van der Waals surface area contributed by atoms with Crippen LogP contribution in [0.2, 0.25) is 0 Å². The lowest BCUT2D eigenvalue weighted by Crippen LogP contribution is -2.38. The van der Waals surface area contributed by atoms with Crippen molar-refractivity contribution in [2.24, 2.45) is 4.99 Å². The summed E-state index contributed by atoms with van der Waals surface area (Å²) in [6, 6.07) is 17.8. The molecule has 3 rings (SSSR count). The minimum atomic E-state index is 0. The Kier molecular flexibility index (Phi) is 10.2. The first-order valence-corrected chi connectivity index (χ1v) is 10.5. The minimum absolute atomic E-state index is 0. The number of nitrogens with one attached hydrogen (secondary N) is 2. The molecule has 2 N–H and O–H groups in total. The number of benzene rings is 2. The van der Waals surface area contributed by atoms with Crippen LogP contribution >= 0.6 is 24.0 Å². The van der Waals surface area contributed by atoms with Gasteiger partial charge in [0.15, 0.2) is 5.96 Å². The highest BCUT2D eigenvalue weighted by molar-refractivity contribution is 14.0. The third kappa shape index (κ3) is 7.37. The third-order valence-electron chi connectivity index (χ3n) is 4.71. The van der Waals surface area contributed by atoms with Crippen LogP contribution in [-0.2, 0) is 13.0 Å². The molecule has 1 amide bonds. The smallest absolute Gasteiger partial charge is 0.253 e. The van der Waals surface area contributed by atoms with Gasteiger partial charge in [0, 0.05) is 44.5 Å². The third-order valence-corrected chi connectivity index (χ3v) is 4.71. The van der Waals surface area contributed by atoms with Crippen LogP contribution in [0.1, 0.15) is 28.4 Å². The maximum Gasteiger partial charge on any atom is 0.253 e. The molecule has 0 atom stereocenters. The number of amides is 1. The van der Waals surface area contributed by atoms with Gasteiger partial charge in [-0.1, -0.05) is 30.3 Å². The molecule has 2 aromatic carbocycles. The minimum Gasteiger partial charge on any atom is -0.357 e. The van der Waals surface area contributed by atoms with Gasteiger partial charge in [-0.15, -0.1) is 24.0 Å². The molecule has 0 aliphatic heterocycles. The van der Waals surface area contributed by atoms with E-state index in [2.05, 4.69) is 20.7 Å². The Morgan fingerprint density at radius 2 is 1.84 bits per heavy atom. The van der Waals surface area contributed by atoms with E-state index in [-0.39, 0.29) is 29.9 Å². The Morgan fingerprint density at radius 3 is 2.56 bits per heavy atom. The molecule has 0 aliphatic rings. The summed E-state index contributed by atoms with van der Waals surface area (Å²) in [5.74, 6) is 0.774. The number of rotatable bonds is 8. The van der Waals surface area contributed by atoms with Crippen LogP contribution in [0.25, 0.3) is 5.69 Å². The molecule has 3 aromatic rings. The maximum absolute atomic E-state index is 12.2. The van der Waals surface area contributed by atoms with Crippen LogP contribution in [0.3, 0.4) is 0 Å². The first kappa shape index (κ1) is 25.4. The molecule has 0 saturated heterocycles. The number of carbonyl (C=O) groups is 1. The van der Waals surface area contributed by atoms with Crippen molar-refractivity contribution in [3.05, 3.63) is 83.7 Å². The van der Waals surface area contributed by atoms with E-state index < -0.39 is 0 Å². The molecule has 0 aliphatic carbocycles. The number of guanidine groups is 1. The van der Waals surface area contributed by atoms with Crippen molar-refractivity contribution in [2.75, 3.05) is 27.2 Å². The summed E-state index contributed by atoms with van der Waals surface area (Å²) in [7, 11) is 3.53. The van der Waals surface area contributed by atoms with E-state index in [0.717, 1.165) is 35.7 Å². The maximum atomic E-state index is 12.2. The molecule has 1 aromatic heterocycles. The lowest BCUT2D eigenvalue weighted by atomic mass is 10.1. The van der Waals surface area contributed by atoms with Gasteiger partial charge in [-0.3, -0.25) is 4.79 Å². The highest BCUT2D eigenvalue weighted by Crippen LogP contribution is 2.09. The van der Waals surface area contributed by atoms with Crippen molar-refractivity contribution >= 4 is 35.8 Å². The Balaban J connectivity index is 0.00000363. The monoisotopic (exact) mass is 546 g/mol. The van der Waals surface area contributed by atoms with Gasteiger partial charge in [-0.2, -0.15) is 5.10 Å². The van der Waals surface area contributed by atoms with Crippen LogP contribution in [0, 0.1) is 0 Å². The second kappa shape index (κ2) is 12.8.